The van der Waals surface area contributed by atoms with E-state index >= 15 is 0 Å². The summed E-state index contributed by atoms with van der Waals surface area (Å²) in [7, 11) is -0.190. The van der Waals surface area contributed by atoms with Crippen LogP contribution in [0.1, 0.15) is 41.0 Å². The molecule has 0 aromatic heterocycles. The Kier molecular flexibility index (Phi) is 5.05. The number of carbonyl (C=O) groups excluding carboxylic acids is 1. The minimum absolute atomic E-state index is 0.00185. The number of rotatable bonds is 4. The van der Waals surface area contributed by atoms with Crippen molar-refractivity contribution >= 4 is 16.9 Å². The summed E-state index contributed by atoms with van der Waals surface area (Å²) >= 11 is 0. The first-order valence-corrected chi connectivity index (χ1v) is 7.06. The highest BCUT2D eigenvalue weighted by Crippen LogP contribution is 2.39. The van der Waals surface area contributed by atoms with Crippen LogP contribution in [-0.2, 0) is 4.79 Å². The first-order chi connectivity index (χ1) is 7.28. The van der Waals surface area contributed by atoms with Gasteiger partial charge in [-0.3, -0.25) is 13.9 Å². The van der Waals surface area contributed by atoms with Crippen LogP contribution in [0.4, 0.5) is 0 Å². The predicted molar refractivity (Wildman–Crippen MR) is 72.5 cm³/mol. The lowest BCUT2D eigenvalue weighted by molar-refractivity contribution is -0.129. The van der Waals surface area contributed by atoms with Crippen molar-refractivity contribution in [1.29, 1.82) is 0 Å². The summed E-state index contributed by atoms with van der Waals surface area (Å²) in [5.41, 5.74) is -0.639. The van der Waals surface area contributed by atoms with Gasteiger partial charge in [0, 0.05) is 19.5 Å². The average Bonchev–Trinajstić information content (AvgIpc) is 1.97. The lowest BCUT2D eigenvalue weighted by atomic mass is 9.76. The second-order valence-electron chi connectivity index (χ2n) is 6.38. The highest BCUT2D eigenvalue weighted by Gasteiger charge is 2.35. The van der Waals surface area contributed by atoms with E-state index in [9.17, 15) is 13.9 Å². The van der Waals surface area contributed by atoms with Crippen LogP contribution in [0.3, 0.4) is 0 Å². The summed E-state index contributed by atoms with van der Waals surface area (Å²) < 4.78 is 22.8. The van der Waals surface area contributed by atoms with Crippen LogP contribution in [0.5, 0.6) is 0 Å². The number of nitrogens with zero attached hydrogens (tertiary/aromatic N) is 1. The maximum absolute atomic E-state index is 12.0. The van der Waals surface area contributed by atoms with Crippen molar-refractivity contribution in [3.63, 3.8) is 0 Å². The Morgan fingerprint density at radius 3 is 1.88 bits per heavy atom. The van der Waals surface area contributed by atoms with Gasteiger partial charge in [-0.1, -0.05) is 45.6 Å². The standard InChI is InChI=1S/C11H26N2O3S/c1-10(2,3)8-11(4,5)9(14)12-17(15,16)13(6)7/h15-16H,8H2,1-7H3,(H,12,14). The second-order valence-corrected chi connectivity index (χ2v) is 8.36. The molecular weight excluding hydrogens is 240 g/mol. The molecule has 0 aliphatic rings. The summed E-state index contributed by atoms with van der Waals surface area (Å²) in [6.45, 7) is 9.75. The molecule has 0 aromatic carbocycles. The Balaban J connectivity index is 4.72. The summed E-state index contributed by atoms with van der Waals surface area (Å²) in [4.78, 5) is 12.0. The topological polar surface area (TPSA) is 72.8 Å². The van der Waals surface area contributed by atoms with Gasteiger partial charge in [-0.2, -0.15) is 4.31 Å². The zero-order valence-electron chi connectivity index (χ0n) is 11.9. The highest BCUT2D eigenvalue weighted by molar-refractivity contribution is 8.21. The van der Waals surface area contributed by atoms with E-state index in [1.165, 1.54) is 18.4 Å². The summed E-state index contributed by atoms with van der Waals surface area (Å²) in [5.74, 6) is -0.346. The SMILES string of the molecule is CN(C)S(O)(O)NC(=O)C(C)(C)CC(C)(C)C. The van der Waals surface area contributed by atoms with E-state index in [-0.39, 0.29) is 11.3 Å². The van der Waals surface area contributed by atoms with Gasteiger partial charge < -0.3 is 0 Å². The van der Waals surface area contributed by atoms with Crippen LogP contribution >= 0.6 is 11.0 Å². The van der Waals surface area contributed by atoms with E-state index in [1.54, 1.807) is 13.8 Å². The highest BCUT2D eigenvalue weighted by atomic mass is 32.3. The van der Waals surface area contributed by atoms with Gasteiger partial charge in [0.15, 0.2) is 0 Å². The number of hydrogen-bond acceptors (Lipinski definition) is 4. The van der Waals surface area contributed by atoms with Crippen LogP contribution in [-0.4, -0.2) is 33.4 Å². The van der Waals surface area contributed by atoms with Crippen molar-refractivity contribution in [2.24, 2.45) is 10.8 Å². The van der Waals surface area contributed by atoms with Crippen LogP contribution in [0, 0.1) is 10.8 Å². The van der Waals surface area contributed by atoms with Gasteiger partial charge in [-0.05, 0) is 11.8 Å². The normalized spacial score (nSPS) is 14.9. The summed E-state index contributed by atoms with van der Waals surface area (Å²) in [5, 5.41) is 0. The first kappa shape index (κ1) is 16.7. The molecule has 1 amide bonds. The maximum Gasteiger partial charge on any atom is 0.244 e. The van der Waals surface area contributed by atoms with Crippen LogP contribution in [0.2, 0.25) is 0 Å². The Labute approximate surface area is 106 Å². The molecule has 0 rings (SSSR count). The Bertz CT molecular complexity index is 283. The van der Waals surface area contributed by atoms with Crippen LogP contribution in [0.25, 0.3) is 0 Å². The van der Waals surface area contributed by atoms with Gasteiger partial charge in [-0.15, -0.1) is 0 Å². The zero-order valence-corrected chi connectivity index (χ0v) is 12.7. The summed E-state index contributed by atoms with van der Waals surface area (Å²) in [6.07, 6.45) is 0.661. The molecule has 0 bridgehead atoms. The fourth-order valence-corrected chi connectivity index (χ4v) is 2.47. The minimum Gasteiger partial charge on any atom is -0.273 e. The number of carbonyl (C=O) groups is 1. The molecule has 0 saturated carbocycles. The molecule has 0 unspecified atom stereocenters. The largest absolute Gasteiger partial charge is 0.273 e. The molecule has 0 aliphatic heterocycles. The molecule has 0 fully saturated rings. The van der Waals surface area contributed by atoms with Crippen molar-refractivity contribution < 1.29 is 13.9 Å². The van der Waals surface area contributed by atoms with Gasteiger partial charge in [0.1, 0.15) is 0 Å². The molecule has 6 heteroatoms. The van der Waals surface area contributed by atoms with Gasteiger partial charge in [-0.25, -0.2) is 4.72 Å². The second kappa shape index (κ2) is 5.14. The fourth-order valence-electron chi connectivity index (χ4n) is 1.76. The summed E-state index contributed by atoms with van der Waals surface area (Å²) in [6, 6.07) is 0. The Morgan fingerprint density at radius 1 is 1.18 bits per heavy atom. The number of hydrogen-bond donors (Lipinski definition) is 3. The van der Waals surface area contributed by atoms with Gasteiger partial charge in [0.05, 0.1) is 0 Å². The third-order valence-electron chi connectivity index (χ3n) is 2.33. The molecule has 5 nitrogen and oxygen atoms in total. The lowest BCUT2D eigenvalue weighted by Crippen LogP contribution is -2.43. The molecule has 0 spiro atoms. The Hall–Kier alpha value is -0.300. The molecule has 0 saturated heterocycles. The average molecular weight is 266 g/mol. The molecule has 0 aliphatic carbocycles. The van der Waals surface area contributed by atoms with E-state index in [1.807, 2.05) is 20.8 Å². The van der Waals surface area contributed by atoms with Crippen molar-refractivity contribution in [1.82, 2.24) is 9.03 Å². The molecule has 17 heavy (non-hydrogen) atoms. The van der Waals surface area contributed by atoms with Crippen LogP contribution in [0.15, 0.2) is 0 Å². The van der Waals surface area contributed by atoms with E-state index in [4.69, 9.17) is 0 Å². The van der Waals surface area contributed by atoms with Crippen molar-refractivity contribution in [3.8, 4) is 0 Å². The third kappa shape index (κ3) is 5.72. The van der Waals surface area contributed by atoms with E-state index in [0.29, 0.717) is 6.42 Å². The van der Waals surface area contributed by atoms with E-state index in [0.717, 1.165) is 0 Å². The first-order valence-electron chi connectivity index (χ1n) is 5.56. The smallest absolute Gasteiger partial charge is 0.244 e. The molecule has 3 N–H and O–H groups in total. The molecule has 104 valence electrons. The fraction of sp³-hybridized carbons (Fsp3) is 0.909. The monoisotopic (exact) mass is 266 g/mol. The zero-order chi connectivity index (χ0) is 14.1. The van der Waals surface area contributed by atoms with Crippen molar-refractivity contribution in [2.75, 3.05) is 14.1 Å². The number of amides is 1. The van der Waals surface area contributed by atoms with E-state index < -0.39 is 16.4 Å². The van der Waals surface area contributed by atoms with Gasteiger partial charge in [0.2, 0.25) is 5.91 Å². The minimum atomic E-state index is -3.20. The maximum atomic E-state index is 12.0. The molecule has 0 radical (unpaired) electrons. The molecule has 0 atom stereocenters. The van der Waals surface area contributed by atoms with Gasteiger partial charge in [0.25, 0.3) is 0 Å². The Morgan fingerprint density at radius 2 is 1.59 bits per heavy atom. The van der Waals surface area contributed by atoms with Crippen molar-refractivity contribution in [3.05, 3.63) is 0 Å². The predicted octanol–water partition coefficient (Wildman–Crippen LogP) is 2.71. The van der Waals surface area contributed by atoms with Crippen LogP contribution < -0.4 is 4.72 Å². The van der Waals surface area contributed by atoms with Crippen molar-refractivity contribution in [2.45, 2.75) is 41.0 Å². The molecular formula is C11H26N2O3S. The molecule has 0 heterocycles. The third-order valence-corrected chi connectivity index (χ3v) is 3.80. The van der Waals surface area contributed by atoms with E-state index in [2.05, 4.69) is 4.72 Å². The lowest BCUT2D eigenvalue weighted by Gasteiger charge is -2.41. The van der Waals surface area contributed by atoms with Gasteiger partial charge >= 0.3 is 0 Å². The number of nitrogens with one attached hydrogen (secondary N) is 1. The quantitative estimate of drug-likeness (QED) is 0.731. The molecule has 0 aromatic rings.